The van der Waals surface area contributed by atoms with E-state index < -0.39 is 11.3 Å². The van der Waals surface area contributed by atoms with E-state index in [9.17, 15) is 14.7 Å². The third-order valence-corrected chi connectivity index (χ3v) is 6.58. The molecule has 5 rings (SSSR count). The zero-order valence-corrected chi connectivity index (χ0v) is 16.7. The Labute approximate surface area is 175 Å². The number of fused-ring (bicyclic) bond motifs is 2. The molecule has 0 atom stereocenters. The summed E-state index contributed by atoms with van der Waals surface area (Å²) in [5, 5.41) is 25.6. The lowest BCUT2D eigenvalue weighted by Gasteiger charge is -2.20. The van der Waals surface area contributed by atoms with Crippen molar-refractivity contribution in [2.45, 2.75) is 32.1 Å². The molecule has 2 N–H and O–H groups in total. The topological polar surface area (TPSA) is 119 Å². The molecular formula is C21H18N4O4S. The number of carbonyl (C=O) groups is 1. The number of thioether (sulfide) groups is 1. The van der Waals surface area contributed by atoms with E-state index in [-0.39, 0.29) is 28.1 Å². The highest BCUT2D eigenvalue weighted by Gasteiger charge is 2.38. The number of aliphatic imine (C=N–C) groups is 1. The minimum Gasteiger partial charge on any atom is -0.508 e. The number of phenols is 1. The summed E-state index contributed by atoms with van der Waals surface area (Å²) in [6, 6.07) is 4.23. The number of amides is 1. The lowest BCUT2D eigenvalue weighted by molar-refractivity contribution is -0.114. The Bertz CT molecular complexity index is 1240. The first-order chi connectivity index (χ1) is 14.5. The molecule has 3 heterocycles. The fourth-order valence-electron chi connectivity index (χ4n) is 3.91. The molecule has 1 aliphatic carbocycles. The van der Waals surface area contributed by atoms with Gasteiger partial charge in [0.25, 0.3) is 5.91 Å². The number of hydrogen-bond acceptors (Lipinski definition) is 7. The molecule has 1 aromatic heterocycles. The molecule has 9 heteroatoms. The maximum absolute atomic E-state index is 12.8. The lowest BCUT2D eigenvalue weighted by atomic mass is 9.90. The number of hydrogen-bond donors (Lipinski definition) is 2. The van der Waals surface area contributed by atoms with E-state index in [0.29, 0.717) is 16.7 Å². The van der Waals surface area contributed by atoms with Gasteiger partial charge in [-0.05, 0) is 48.9 Å². The molecule has 1 fully saturated rings. The Balaban J connectivity index is 1.51. The van der Waals surface area contributed by atoms with Crippen molar-refractivity contribution in [1.29, 1.82) is 5.41 Å². The molecular weight excluding hydrogens is 404 g/mol. The van der Waals surface area contributed by atoms with Crippen LogP contribution in [0.3, 0.4) is 0 Å². The van der Waals surface area contributed by atoms with Gasteiger partial charge in [0.1, 0.15) is 22.6 Å². The third-order valence-electron chi connectivity index (χ3n) is 5.51. The van der Waals surface area contributed by atoms with E-state index in [0.717, 1.165) is 30.7 Å². The fraction of sp³-hybridized carbons (Fsp3) is 0.286. The van der Waals surface area contributed by atoms with Crippen molar-refractivity contribution in [3.63, 3.8) is 0 Å². The number of nitrogens with zero attached hydrogens (tertiary/aromatic N) is 3. The highest BCUT2D eigenvalue weighted by Crippen LogP contribution is 2.36. The first-order valence-electron chi connectivity index (χ1n) is 9.76. The number of phenolic OH excluding ortho intramolecular Hbond substituents is 1. The van der Waals surface area contributed by atoms with Crippen LogP contribution in [0.2, 0.25) is 0 Å². The molecule has 2 aromatic rings. The van der Waals surface area contributed by atoms with Gasteiger partial charge in [0.15, 0.2) is 11.3 Å². The van der Waals surface area contributed by atoms with E-state index in [1.165, 1.54) is 53.7 Å². The summed E-state index contributed by atoms with van der Waals surface area (Å²) in [6.45, 7) is 0. The number of hydrazone groups is 1. The van der Waals surface area contributed by atoms with E-state index in [1.54, 1.807) is 0 Å². The molecule has 2 aliphatic heterocycles. The summed E-state index contributed by atoms with van der Waals surface area (Å²) in [6.07, 6.45) is 8.20. The van der Waals surface area contributed by atoms with Crippen LogP contribution in [-0.2, 0) is 4.79 Å². The largest absolute Gasteiger partial charge is 0.508 e. The molecule has 0 unspecified atom stereocenters. The van der Waals surface area contributed by atoms with Crippen molar-refractivity contribution in [3.05, 3.63) is 45.8 Å². The second-order valence-corrected chi connectivity index (χ2v) is 8.48. The van der Waals surface area contributed by atoms with Crippen molar-refractivity contribution < 1.29 is 14.3 Å². The average molecular weight is 422 g/mol. The monoisotopic (exact) mass is 422 g/mol. The van der Waals surface area contributed by atoms with Gasteiger partial charge in [0.2, 0.25) is 5.17 Å². The molecule has 1 amide bonds. The zero-order chi connectivity index (χ0) is 20.8. The van der Waals surface area contributed by atoms with Gasteiger partial charge < -0.3 is 9.52 Å². The first-order valence-corrected chi connectivity index (χ1v) is 10.6. The predicted octanol–water partition coefficient (Wildman–Crippen LogP) is 3.70. The number of benzene rings is 1. The minimum absolute atomic E-state index is 0.0280. The molecule has 0 spiro atoms. The summed E-state index contributed by atoms with van der Waals surface area (Å²) in [5.74, 6) is -0.422. The van der Waals surface area contributed by atoms with Crippen molar-refractivity contribution in [1.82, 2.24) is 5.01 Å². The Kier molecular flexibility index (Phi) is 4.54. The van der Waals surface area contributed by atoms with Gasteiger partial charge in [-0.2, -0.15) is 15.1 Å². The van der Waals surface area contributed by atoms with Crippen molar-refractivity contribution in [2.75, 3.05) is 0 Å². The van der Waals surface area contributed by atoms with Gasteiger partial charge in [-0.25, -0.2) is 0 Å². The highest BCUT2D eigenvalue weighted by molar-refractivity contribution is 8.27. The van der Waals surface area contributed by atoms with Gasteiger partial charge in [-0.1, -0.05) is 19.3 Å². The van der Waals surface area contributed by atoms with Crippen LogP contribution in [0.25, 0.3) is 17.0 Å². The maximum atomic E-state index is 12.8. The molecule has 8 nitrogen and oxygen atoms in total. The minimum atomic E-state index is -0.589. The quantitative estimate of drug-likeness (QED) is 0.712. The Hall–Kier alpha value is -3.20. The van der Waals surface area contributed by atoms with Crippen LogP contribution in [0.5, 0.6) is 5.75 Å². The van der Waals surface area contributed by atoms with E-state index in [2.05, 4.69) is 10.1 Å². The Morgan fingerprint density at radius 2 is 2.03 bits per heavy atom. The van der Waals surface area contributed by atoms with Crippen LogP contribution in [0.1, 0.15) is 37.7 Å². The maximum Gasteiger partial charge on any atom is 0.283 e. The van der Waals surface area contributed by atoms with Gasteiger partial charge in [0.05, 0.1) is 16.5 Å². The van der Waals surface area contributed by atoms with Gasteiger partial charge in [0, 0.05) is 5.92 Å². The van der Waals surface area contributed by atoms with Crippen molar-refractivity contribution in [3.8, 4) is 5.75 Å². The SMILES string of the molecule is N=C1C(=Cc2coc3ccc(O)cc3c2=O)C(=O)N=C2SC(C3CCCCC3)=NN12. The van der Waals surface area contributed by atoms with Crippen LogP contribution in [0.4, 0.5) is 0 Å². The van der Waals surface area contributed by atoms with Gasteiger partial charge >= 0.3 is 0 Å². The molecule has 1 saturated carbocycles. The van der Waals surface area contributed by atoms with E-state index >= 15 is 0 Å². The first kappa shape index (κ1) is 18.8. The van der Waals surface area contributed by atoms with E-state index in [4.69, 9.17) is 9.83 Å². The van der Waals surface area contributed by atoms with Crippen molar-refractivity contribution >= 4 is 50.8 Å². The Morgan fingerprint density at radius 3 is 2.83 bits per heavy atom. The Morgan fingerprint density at radius 1 is 1.23 bits per heavy atom. The zero-order valence-electron chi connectivity index (χ0n) is 15.9. The van der Waals surface area contributed by atoms with Crippen LogP contribution >= 0.6 is 11.8 Å². The molecule has 152 valence electrons. The summed E-state index contributed by atoms with van der Waals surface area (Å²) >= 11 is 1.35. The fourth-order valence-corrected chi connectivity index (χ4v) is 4.97. The molecule has 0 saturated heterocycles. The number of aromatic hydroxyl groups is 1. The van der Waals surface area contributed by atoms with E-state index in [1.807, 2.05) is 0 Å². The summed E-state index contributed by atoms with van der Waals surface area (Å²) in [5.41, 5.74) is -0.0110. The number of carbonyl (C=O) groups excluding carboxylic acids is 1. The number of amidine groups is 2. The third kappa shape index (κ3) is 3.15. The number of nitrogens with one attached hydrogen (secondary N) is 1. The second kappa shape index (κ2) is 7.24. The smallest absolute Gasteiger partial charge is 0.283 e. The summed E-state index contributed by atoms with van der Waals surface area (Å²) in [4.78, 5) is 29.5. The molecule has 1 aromatic carbocycles. The molecule has 30 heavy (non-hydrogen) atoms. The lowest BCUT2D eigenvalue weighted by Crippen LogP contribution is -2.35. The number of rotatable bonds is 2. The van der Waals surface area contributed by atoms with Crippen LogP contribution in [-0.4, -0.2) is 32.1 Å². The highest BCUT2D eigenvalue weighted by atomic mass is 32.2. The molecule has 0 radical (unpaired) electrons. The second-order valence-electron chi connectivity index (χ2n) is 7.49. The van der Waals surface area contributed by atoms with Gasteiger partial charge in [-0.15, -0.1) is 0 Å². The van der Waals surface area contributed by atoms with Crippen LogP contribution in [0, 0.1) is 11.3 Å². The predicted molar refractivity (Wildman–Crippen MR) is 116 cm³/mol. The van der Waals surface area contributed by atoms with Crippen LogP contribution in [0.15, 0.2) is 49.3 Å². The summed E-state index contributed by atoms with van der Waals surface area (Å²) in [7, 11) is 0. The summed E-state index contributed by atoms with van der Waals surface area (Å²) < 4.78 is 5.46. The standard InChI is InChI=1S/C21H18N4O4S/c22-18-15(8-12-10-29-16-7-6-13(26)9-14(16)17(12)27)19(28)23-21-25(18)24-20(30-21)11-4-2-1-3-5-11/h6-11,22,26H,1-5H2. The molecule has 0 bridgehead atoms. The molecule has 3 aliphatic rings. The van der Waals surface area contributed by atoms with Gasteiger partial charge in [-0.3, -0.25) is 15.0 Å². The average Bonchev–Trinajstić information content (AvgIpc) is 3.18. The van der Waals surface area contributed by atoms with Crippen LogP contribution < -0.4 is 5.43 Å². The normalized spacial score (nSPS) is 21.2. The van der Waals surface area contributed by atoms with Crippen molar-refractivity contribution in [2.24, 2.45) is 16.0 Å².